The highest BCUT2D eigenvalue weighted by atomic mass is 32.1. The summed E-state index contributed by atoms with van der Waals surface area (Å²) < 4.78 is 17.8. The molecule has 0 saturated heterocycles. The van der Waals surface area contributed by atoms with Crippen LogP contribution < -0.4 is 14.2 Å². The largest absolute Gasteiger partial charge is 0.490 e. The molecule has 2 aliphatic heterocycles. The van der Waals surface area contributed by atoms with Gasteiger partial charge in [-0.05, 0) is 60.4 Å². The van der Waals surface area contributed by atoms with Gasteiger partial charge >= 0.3 is 5.97 Å². The van der Waals surface area contributed by atoms with Gasteiger partial charge in [0, 0.05) is 17.4 Å². The summed E-state index contributed by atoms with van der Waals surface area (Å²) in [6.07, 6.45) is 0.458. The molecule has 2 aromatic heterocycles. The molecule has 0 amide bonds. The summed E-state index contributed by atoms with van der Waals surface area (Å²) in [5.41, 5.74) is 4.82. The number of thiophene rings is 1. The van der Waals surface area contributed by atoms with E-state index in [-0.39, 0.29) is 12.3 Å². The van der Waals surface area contributed by atoms with Crippen LogP contribution in [-0.4, -0.2) is 40.4 Å². The quantitative estimate of drug-likeness (QED) is 0.434. The van der Waals surface area contributed by atoms with E-state index in [1.54, 1.807) is 0 Å². The second-order valence-electron chi connectivity index (χ2n) is 7.93. The molecule has 4 aromatic rings. The molecule has 0 radical (unpaired) electrons. The Balaban J connectivity index is 1.68. The number of hydrogen-bond donors (Lipinski definition) is 1. The Bertz CT molecular complexity index is 1330. The fourth-order valence-corrected chi connectivity index (χ4v) is 5.05. The molecule has 1 atom stereocenters. The minimum atomic E-state index is -1.12. The lowest BCUT2D eigenvalue weighted by atomic mass is 9.95. The van der Waals surface area contributed by atoms with E-state index in [9.17, 15) is 9.90 Å². The van der Waals surface area contributed by atoms with Crippen LogP contribution in [0.3, 0.4) is 0 Å². The third-order valence-electron chi connectivity index (χ3n) is 5.58. The second kappa shape index (κ2) is 8.71. The first kappa shape index (κ1) is 21.2. The molecule has 1 N–H and O–H groups in total. The van der Waals surface area contributed by atoms with Gasteiger partial charge in [0.05, 0.1) is 5.39 Å². The molecular formula is C25H22N2O5S. The summed E-state index contributed by atoms with van der Waals surface area (Å²) >= 11 is 1.48. The molecule has 0 spiro atoms. The Morgan fingerprint density at radius 3 is 2.58 bits per heavy atom. The van der Waals surface area contributed by atoms with Gasteiger partial charge in [-0.15, -0.1) is 11.3 Å². The van der Waals surface area contributed by atoms with Crippen molar-refractivity contribution in [2.45, 2.75) is 26.4 Å². The number of ether oxygens (including phenoxy) is 3. The van der Waals surface area contributed by atoms with Crippen LogP contribution in [0.25, 0.3) is 21.3 Å². The maximum absolute atomic E-state index is 12.1. The second-order valence-corrected chi connectivity index (χ2v) is 8.79. The molecule has 8 heteroatoms. The van der Waals surface area contributed by atoms with E-state index in [0.717, 1.165) is 43.8 Å². The molecule has 0 aliphatic carbocycles. The monoisotopic (exact) mass is 462 g/mol. The van der Waals surface area contributed by atoms with Crippen molar-refractivity contribution in [3.05, 3.63) is 64.8 Å². The number of carbonyl (C=O) groups is 1. The number of nitrogens with zero attached hydrogens (tertiary/aromatic N) is 2. The van der Waals surface area contributed by atoms with Gasteiger partial charge in [-0.25, -0.2) is 14.8 Å². The number of aliphatic carboxylic acids is 1. The molecule has 0 saturated carbocycles. The van der Waals surface area contributed by atoms with Gasteiger partial charge in [-0.1, -0.05) is 12.1 Å². The summed E-state index contributed by atoms with van der Waals surface area (Å²) in [6, 6.07) is 11.3. The number of benzene rings is 2. The molecule has 0 fully saturated rings. The van der Waals surface area contributed by atoms with Crippen LogP contribution in [0, 0.1) is 13.8 Å². The van der Waals surface area contributed by atoms with Gasteiger partial charge in [0.25, 0.3) is 0 Å². The molecule has 4 bridgehead atoms. The zero-order valence-corrected chi connectivity index (χ0v) is 19.0. The average molecular weight is 463 g/mol. The number of carboxylic acids is 1. The summed E-state index contributed by atoms with van der Waals surface area (Å²) in [7, 11) is 0. The van der Waals surface area contributed by atoms with Crippen molar-refractivity contribution in [3.63, 3.8) is 0 Å². The number of aromatic nitrogens is 2. The van der Waals surface area contributed by atoms with Crippen LogP contribution in [-0.2, 0) is 11.2 Å². The van der Waals surface area contributed by atoms with Crippen molar-refractivity contribution in [2.75, 3.05) is 13.2 Å². The molecule has 33 heavy (non-hydrogen) atoms. The number of carboxylic acid groups (broad SMARTS) is 1. The van der Waals surface area contributed by atoms with Crippen LogP contribution in [0.5, 0.6) is 17.4 Å². The lowest BCUT2D eigenvalue weighted by Gasteiger charge is -2.17. The zero-order valence-electron chi connectivity index (χ0n) is 18.2. The average Bonchev–Trinajstić information content (AvgIpc) is 3.20. The highest BCUT2D eigenvalue weighted by molar-refractivity contribution is 7.17. The van der Waals surface area contributed by atoms with E-state index in [1.807, 2.05) is 55.6 Å². The van der Waals surface area contributed by atoms with Crippen molar-refractivity contribution < 1.29 is 24.1 Å². The first-order chi connectivity index (χ1) is 16.0. The van der Waals surface area contributed by atoms with Crippen molar-refractivity contribution in [2.24, 2.45) is 0 Å². The maximum atomic E-state index is 12.1. The van der Waals surface area contributed by atoms with Gasteiger partial charge in [0.2, 0.25) is 12.0 Å². The van der Waals surface area contributed by atoms with Crippen molar-refractivity contribution in [3.8, 4) is 28.5 Å². The van der Waals surface area contributed by atoms with Crippen molar-refractivity contribution in [1.29, 1.82) is 0 Å². The predicted octanol–water partition coefficient (Wildman–Crippen LogP) is 4.82. The first-order valence-electron chi connectivity index (χ1n) is 10.6. The van der Waals surface area contributed by atoms with E-state index < -0.39 is 12.1 Å². The fraction of sp³-hybridized carbons (Fsp3) is 0.240. The third-order valence-corrected chi connectivity index (χ3v) is 6.47. The molecule has 1 unspecified atom stereocenters. The van der Waals surface area contributed by atoms with Gasteiger partial charge < -0.3 is 19.3 Å². The molecule has 2 aliphatic rings. The fourth-order valence-electron chi connectivity index (χ4n) is 4.16. The van der Waals surface area contributed by atoms with E-state index in [2.05, 4.69) is 9.97 Å². The first-order valence-corrected chi connectivity index (χ1v) is 11.5. The summed E-state index contributed by atoms with van der Waals surface area (Å²) in [6.45, 7) is 4.81. The molecule has 2 aromatic carbocycles. The summed E-state index contributed by atoms with van der Waals surface area (Å²) in [5.74, 6) is 0.623. The minimum absolute atomic E-state index is 0.167. The normalized spacial score (nSPS) is 15.9. The van der Waals surface area contributed by atoms with E-state index in [0.29, 0.717) is 19.0 Å². The lowest BCUT2D eigenvalue weighted by molar-refractivity contribution is -0.145. The number of hydrogen-bond acceptors (Lipinski definition) is 7. The topological polar surface area (TPSA) is 90.8 Å². The van der Waals surface area contributed by atoms with E-state index in [4.69, 9.17) is 14.2 Å². The van der Waals surface area contributed by atoms with Gasteiger partial charge in [-0.2, -0.15) is 0 Å². The van der Waals surface area contributed by atoms with Gasteiger partial charge in [-0.3, -0.25) is 0 Å². The highest BCUT2D eigenvalue weighted by Crippen LogP contribution is 2.41. The Labute approximate surface area is 194 Å². The van der Waals surface area contributed by atoms with Crippen LogP contribution in [0.1, 0.15) is 16.7 Å². The van der Waals surface area contributed by atoms with E-state index >= 15 is 0 Å². The molecule has 168 valence electrons. The molecule has 6 rings (SSSR count). The van der Waals surface area contributed by atoms with Crippen molar-refractivity contribution in [1.82, 2.24) is 9.97 Å². The van der Waals surface area contributed by atoms with Crippen LogP contribution in [0.2, 0.25) is 0 Å². The molecular weight excluding hydrogens is 440 g/mol. The summed E-state index contributed by atoms with van der Waals surface area (Å²) in [5, 5.41) is 12.6. The molecule has 7 nitrogen and oxygen atoms in total. The smallest absolute Gasteiger partial charge is 0.345 e. The number of rotatable bonds is 1. The highest BCUT2D eigenvalue weighted by Gasteiger charge is 2.25. The Hall–Kier alpha value is -3.65. The molecule has 4 heterocycles. The SMILES string of the molecule is Cc1cc2cc(C)c1-c1csc3ncnc(c13)OC(C(=O)O)Cc1cccc(c1)OCCO2. The number of fused-ring (bicyclic) bond motifs is 7. The number of aryl methyl sites for hydroxylation is 2. The van der Waals surface area contributed by atoms with Crippen LogP contribution in [0.15, 0.2) is 48.1 Å². The standard InChI is InChI=1S/C25H22N2O5S/c1-14-8-18-9-15(2)21(14)19-12-33-24-22(19)23(26-13-27-24)32-20(25(28)29)11-16-4-3-5-17(10-16)30-6-7-31-18/h3-5,8-10,12-13,20H,6-7,11H2,1-2H3,(H,28,29). The Morgan fingerprint density at radius 1 is 1.06 bits per heavy atom. The van der Waals surface area contributed by atoms with Crippen LogP contribution >= 0.6 is 11.3 Å². The van der Waals surface area contributed by atoms with Crippen LogP contribution in [0.4, 0.5) is 0 Å². The van der Waals surface area contributed by atoms with Gasteiger partial charge in [0.1, 0.15) is 35.9 Å². The summed E-state index contributed by atoms with van der Waals surface area (Å²) in [4.78, 5) is 21.6. The van der Waals surface area contributed by atoms with E-state index in [1.165, 1.54) is 17.7 Å². The lowest BCUT2D eigenvalue weighted by Crippen LogP contribution is -2.29. The van der Waals surface area contributed by atoms with Crippen molar-refractivity contribution >= 4 is 27.5 Å². The minimum Gasteiger partial charge on any atom is -0.490 e. The third kappa shape index (κ3) is 4.21. The Morgan fingerprint density at radius 2 is 1.82 bits per heavy atom. The predicted molar refractivity (Wildman–Crippen MR) is 126 cm³/mol. The zero-order chi connectivity index (χ0) is 22.9. The maximum Gasteiger partial charge on any atom is 0.345 e. The van der Waals surface area contributed by atoms with Gasteiger partial charge in [0.15, 0.2) is 0 Å². The Kier molecular flexibility index (Phi) is 5.60.